The number of nitrogens with zero attached hydrogens (tertiary/aromatic N) is 2. The van der Waals surface area contributed by atoms with Gasteiger partial charge in [-0.15, -0.1) is 11.3 Å². The molecule has 0 aliphatic rings. The van der Waals surface area contributed by atoms with Crippen molar-refractivity contribution in [3.63, 3.8) is 0 Å². The van der Waals surface area contributed by atoms with E-state index < -0.39 is 17.8 Å². The molecule has 18 heavy (non-hydrogen) atoms. The Morgan fingerprint density at radius 2 is 2.11 bits per heavy atom. The summed E-state index contributed by atoms with van der Waals surface area (Å²) in [6.45, 7) is 4.57. The maximum Gasteiger partial charge on any atom is 0.426 e. The lowest BCUT2D eigenvalue weighted by molar-refractivity contribution is 0.0582. The van der Waals surface area contributed by atoms with E-state index in [0.717, 1.165) is 11.3 Å². The van der Waals surface area contributed by atoms with Crippen molar-refractivity contribution in [1.82, 2.24) is 4.98 Å². The Balaban J connectivity index is 2.96. The lowest BCUT2D eigenvalue weighted by atomic mass is 10.2. The summed E-state index contributed by atoms with van der Waals surface area (Å²) < 4.78 is 4.97. The molecule has 7 nitrogen and oxygen atoms in total. The summed E-state index contributed by atoms with van der Waals surface area (Å²) in [5.41, 5.74) is -0.508. The van der Waals surface area contributed by atoms with E-state index in [4.69, 9.17) is 14.9 Å². The van der Waals surface area contributed by atoms with Crippen LogP contribution >= 0.6 is 11.3 Å². The molecule has 1 aromatic heterocycles. The second kappa shape index (κ2) is 5.32. The van der Waals surface area contributed by atoms with E-state index in [0.29, 0.717) is 10.6 Å². The fourth-order valence-corrected chi connectivity index (χ4v) is 1.81. The number of anilines is 1. The molecule has 0 saturated heterocycles. The summed E-state index contributed by atoms with van der Waals surface area (Å²) in [5, 5.41) is 19.3. The lowest BCUT2D eigenvalue weighted by Gasteiger charge is -2.22. The maximum absolute atomic E-state index is 11.7. The zero-order valence-corrected chi connectivity index (χ0v) is 11.0. The minimum absolute atomic E-state index is 0.0548. The molecular formula is C10H14N2O5S. The summed E-state index contributed by atoms with van der Waals surface area (Å²) >= 11 is 0.938. The van der Waals surface area contributed by atoms with Crippen LogP contribution in [0.25, 0.3) is 0 Å². The van der Waals surface area contributed by atoms with Crippen molar-refractivity contribution in [2.75, 3.05) is 4.90 Å². The van der Waals surface area contributed by atoms with Crippen LogP contribution in [0.5, 0.6) is 0 Å². The monoisotopic (exact) mass is 274 g/mol. The quantitative estimate of drug-likeness (QED) is 0.856. The van der Waals surface area contributed by atoms with Crippen LogP contribution in [0.3, 0.4) is 0 Å². The highest BCUT2D eigenvalue weighted by Crippen LogP contribution is 2.23. The maximum atomic E-state index is 11.7. The molecule has 0 unspecified atom stereocenters. The highest BCUT2D eigenvalue weighted by Gasteiger charge is 2.30. The molecule has 1 aromatic rings. The predicted molar refractivity (Wildman–Crippen MR) is 64.8 cm³/mol. The Hall–Kier alpha value is -1.67. The first-order chi connectivity index (χ1) is 8.24. The van der Waals surface area contributed by atoms with Crippen LogP contribution in [0.4, 0.5) is 14.7 Å². The van der Waals surface area contributed by atoms with Crippen molar-refractivity contribution in [2.45, 2.75) is 33.0 Å². The van der Waals surface area contributed by atoms with Crippen molar-refractivity contribution < 1.29 is 24.5 Å². The van der Waals surface area contributed by atoms with Crippen LogP contribution in [-0.4, -0.2) is 33.0 Å². The van der Waals surface area contributed by atoms with Gasteiger partial charge in [0.1, 0.15) is 5.60 Å². The predicted octanol–water partition coefficient (Wildman–Crippen LogP) is 2.05. The van der Waals surface area contributed by atoms with Gasteiger partial charge in [-0.2, -0.15) is 4.90 Å². The number of aliphatic hydroxyl groups is 1. The highest BCUT2D eigenvalue weighted by atomic mass is 32.1. The number of carbonyl (C=O) groups is 2. The number of aliphatic hydroxyl groups excluding tert-OH is 1. The van der Waals surface area contributed by atoms with E-state index in [-0.39, 0.29) is 11.7 Å². The molecule has 0 aromatic carbocycles. The topological polar surface area (TPSA) is 100.0 Å². The van der Waals surface area contributed by atoms with Crippen molar-refractivity contribution in [2.24, 2.45) is 0 Å². The number of carbonyl (C=O) groups excluding carboxylic acids is 1. The molecule has 0 aliphatic heterocycles. The summed E-state index contributed by atoms with van der Waals surface area (Å²) in [5.74, 6) is 0. The van der Waals surface area contributed by atoms with Gasteiger partial charge in [-0.3, -0.25) is 0 Å². The van der Waals surface area contributed by atoms with Crippen molar-refractivity contribution >= 4 is 28.7 Å². The number of thiazole rings is 1. The summed E-state index contributed by atoms with van der Waals surface area (Å²) in [4.78, 5) is 27.0. The number of carboxylic acid groups (broad SMARTS) is 1. The van der Waals surface area contributed by atoms with E-state index >= 15 is 0 Å². The number of hydrogen-bond donors (Lipinski definition) is 2. The van der Waals surface area contributed by atoms with Gasteiger partial charge in [0.25, 0.3) is 0 Å². The van der Waals surface area contributed by atoms with E-state index in [2.05, 4.69) is 4.98 Å². The molecule has 100 valence electrons. The van der Waals surface area contributed by atoms with Gasteiger partial charge in [0.15, 0.2) is 0 Å². The van der Waals surface area contributed by atoms with Crippen LogP contribution in [-0.2, 0) is 11.3 Å². The van der Waals surface area contributed by atoms with Crippen molar-refractivity contribution in [1.29, 1.82) is 0 Å². The summed E-state index contributed by atoms with van der Waals surface area (Å²) in [6, 6.07) is 0. The number of imide groups is 1. The largest absolute Gasteiger partial charge is 0.464 e. The van der Waals surface area contributed by atoms with Gasteiger partial charge >= 0.3 is 12.2 Å². The number of rotatable bonds is 2. The first kappa shape index (κ1) is 14.4. The number of aromatic nitrogens is 1. The first-order valence-electron chi connectivity index (χ1n) is 5.06. The molecule has 0 atom stereocenters. The fraction of sp³-hybridized carbons (Fsp3) is 0.500. The van der Waals surface area contributed by atoms with Gasteiger partial charge in [0.05, 0.1) is 12.3 Å². The average Bonchev–Trinajstić information content (AvgIpc) is 2.62. The molecule has 0 saturated carbocycles. The number of hydrogen-bond acceptors (Lipinski definition) is 6. The third-order valence-electron chi connectivity index (χ3n) is 1.66. The van der Waals surface area contributed by atoms with Gasteiger partial charge in [-0.25, -0.2) is 14.6 Å². The SMILES string of the molecule is CC(C)(C)OC(=O)N(C(=O)O)c1nc(CO)cs1. The van der Waals surface area contributed by atoms with Gasteiger partial charge in [0.2, 0.25) is 5.13 Å². The lowest BCUT2D eigenvalue weighted by Crippen LogP contribution is -2.40. The van der Waals surface area contributed by atoms with E-state index in [1.165, 1.54) is 5.38 Å². The average molecular weight is 274 g/mol. The van der Waals surface area contributed by atoms with Crippen LogP contribution in [0.2, 0.25) is 0 Å². The molecular weight excluding hydrogens is 260 g/mol. The molecule has 0 radical (unpaired) electrons. The Morgan fingerprint density at radius 1 is 1.50 bits per heavy atom. The zero-order chi connectivity index (χ0) is 13.9. The minimum Gasteiger partial charge on any atom is -0.464 e. The molecule has 0 spiro atoms. The molecule has 2 amide bonds. The minimum atomic E-state index is -1.48. The summed E-state index contributed by atoms with van der Waals surface area (Å²) in [6.07, 6.45) is -2.50. The van der Waals surface area contributed by atoms with Crippen LogP contribution in [0.1, 0.15) is 26.5 Å². The Bertz CT molecular complexity index is 451. The second-order valence-corrected chi connectivity index (χ2v) is 5.21. The van der Waals surface area contributed by atoms with Gasteiger partial charge in [-0.05, 0) is 20.8 Å². The molecule has 0 bridgehead atoms. The molecule has 0 fully saturated rings. The van der Waals surface area contributed by atoms with Gasteiger partial charge in [0, 0.05) is 5.38 Å². The van der Waals surface area contributed by atoms with Crippen molar-refractivity contribution in [3.05, 3.63) is 11.1 Å². The third-order valence-corrected chi connectivity index (χ3v) is 2.53. The number of amides is 2. The van der Waals surface area contributed by atoms with Crippen LogP contribution in [0.15, 0.2) is 5.38 Å². The zero-order valence-electron chi connectivity index (χ0n) is 10.2. The second-order valence-electron chi connectivity index (χ2n) is 4.38. The van der Waals surface area contributed by atoms with Crippen LogP contribution < -0.4 is 4.90 Å². The van der Waals surface area contributed by atoms with Gasteiger partial charge in [-0.1, -0.05) is 0 Å². The first-order valence-corrected chi connectivity index (χ1v) is 5.94. The van der Waals surface area contributed by atoms with E-state index in [9.17, 15) is 9.59 Å². The van der Waals surface area contributed by atoms with Crippen LogP contribution in [0, 0.1) is 0 Å². The highest BCUT2D eigenvalue weighted by molar-refractivity contribution is 7.14. The molecule has 0 aliphatic carbocycles. The third kappa shape index (κ3) is 3.67. The fourth-order valence-electron chi connectivity index (χ4n) is 1.02. The standard InChI is InChI=1S/C10H14N2O5S/c1-10(2,3)17-9(16)12(8(14)15)7-11-6(4-13)5-18-7/h5,13H,4H2,1-3H3,(H,14,15). The Morgan fingerprint density at radius 3 is 2.50 bits per heavy atom. The van der Waals surface area contributed by atoms with E-state index in [1.807, 2.05) is 0 Å². The smallest absolute Gasteiger partial charge is 0.426 e. The summed E-state index contributed by atoms with van der Waals surface area (Å²) in [7, 11) is 0. The normalized spacial score (nSPS) is 11.1. The van der Waals surface area contributed by atoms with Crippen molar-refractivity contribution in [3.8, 4) is 0 Å². The van der Waals surface area contributed by atoms with Gasteiger partial charge < -0.3 is 14.9 Å². The number of ether oxygens (including phenoxy) is 1. The van der Waals surface area contributed by atoms with E-state index in [1.54, 1.807) is 20.8 Å². The Labute approximate surface area is 108 Å². The molecule has 8 heteroatoms. The molecule has 1 heterocycles. The Kier molecular flexibility index (Phi) is 4.25. The molecule has 1 rings (SSSR count). The molecule has 2 N–H and O–H groups in total.